The van der Waals surface area contributed by atoms with Gasteiger partial charge in [-0.2, -0.15) is 0 Å². The summed E-state index contributed by atoms with van der Waals surface area (Å²) in [6.07, 6.45) is 6.18. The quantitative estimate of drug-likeness (QED) is 0.435. The highest BCUT2D eigenvalue weighted by atomic mass is 16.5. The van der Waals surface area contributed by atoms with Crippen LogP contribution in [0.5, 0.6) is 0 Å². The van der Waals surface area contributed by atoms with E-state index in [1.807, 2.05) is 0 Å². The molecule has 0 aromatic carbocycles. The van der Waals surface area contributed by atoms with Crippen molar-refractivity contribution < 1.29 is 4.74 Å². The molecule has 18 heavy (non-hydrogen) atoms. The highest BCUT2D eigenvalue weighted by Crippen LogP contribution is 2.21. The Balaban J connectivity index is 2.02. The zero-order valence-electron chi connectivity index (χ0n) is 12.2. The highest BCUT2D eigenvalue weighted by molar-refractivity contribution is 5.77. The number of nitrogens with zero attached hydrogens (tertiary/aromatic N) is 1. The first kappa shape index (κ1) is 15.3. The molecule has 0 amide bonds. The molecular weight excluding hydrogens is 226 g/mol. The van der Waals surface area contributed by atoms with Crippen molar-refractivity contribution in [1.82, 2.24) is 5.32 Å². The third kappa shape index (κ3) is 7.54. The van der Waals surface area contributed by atoms with Crippen LogP contribution in [0.15, 0.2) is 4.99 Å². The number of aliphatic imine (C=N–C) groups is 1. The maximum Gasteiger partial charge on any atom is 0.188 e. The molecule has 1 atom stereocenters. The lowest BCUT2D eigenvalue weighted by molar-refractivity contribution is 0.118. The molecule has 1 heterocycles. The van der Waals surface area contributed by atoms with Crippen LogP contribution in [0.3, 0.4) is 0 Å². The molecule has 0 aliphatic carbocycles. The molecule has 0 radical (unpaired) electrons. The molecular formula is C14H29N3O. The monoisotopic (exact) mass is 255 g/mol. The predicted molar refractivity (Wildman–Crippen MR) is 76.8 cm³/mol. The number of rotatable bonds is 6. The van der Waals surface area contributed by atoms with Crippen LogP contribution >= 0.6 is 0 Å². The lowest BCUT2D eigenvalue weighted by atomic mass is 9.90. The largest absolute Gasteiger partial charge is 0.376 e. The van der Waals surface area contributed by atoms with Gasteiger partial charge in [0.25, 0.3) is 0 Å². The summed E-state index contributed by atoms with van der Waals surface area (Å²) in [5.74, 6) is 0.557. The van der Waals surface area contributed by atoms with Crippen LogP contribution in [0.4, 0.5) is 0 Å². The second-order valence-electron chi connectivity index (χ2n) is 6.31. The predicted octanol–water partition coefficient (Wildman–Crippen LogP) is 2.29. The van der Waals surface area contributed by atoms with Crippen molar-refractivity contribution in [2.75, 3.05) is 19.7 Å². The molecule has 0 aromatic heterocycles. The average molecular weight is 255 g/mol. The van der Waals surface area contributed by atoms with Crippen molar-refractivity contribution in [3.63, 3.8) is 0 Å². The molecule has 1 rings (SSSR count). The van der Waals surface area contributed by atoms with E-state index in [0.717, 1.165) is 32.4 Å². The second-order valence-corrected chi connectivity index (χ2v) is 6.31. The van der Waals surface area contributed by atoms with Gasteiger partial charge in [-0.3, -0.25) is 4.99 Å². The number of nitrogens with one attached hydrogen (secondary N) is 1. The molecule has 4 nitrogen and oxygen atoms in total. The number of ether oxygens (including phenoxy) is 1. The zero-order chi connectivity index (χ0) is 13.4. The number of hydrogen-bond donors (Lipinski definition) is 2. The van der Waals surface area contributed by atoms with Gasteiger partial charge in [-0.1, -0.05) is 27.2 Å². The lowest BCUT2D eigenvalue weighted by Gasteiger charge is -2.17. The fraction of sp³-hybridized carbons (Fsp3) is 0.929. The molecule has 106 valence electrons. The lowest BCUT2D eigenvalue weighted by Crippen LogP contribution is -2.33. The third-order valence-corrected chi connectivity index (χ3v) is 3.15. The molecule has 4 heteroatoms. The van der Waals surface area contributed by atoms with E-state index in [2.05, 4.69) is 31.1 Å². The second kappa shape index (κ2) is 7.62. The first-order valence-corrected chi connectivity index (χ1v) is 7.13. The van der Waals surface area contributed by atoms with Gasteiger partial charge in [0.2, 0.25) is 0 Å². The minimum Gasteiger partial charge on any atom is -0.376 e. The highest BCUT2D eigenvalue weighted by Gasteiger charge is 2.14. The van der Waals surface area contributed by atoms with Crippen LogP contribution in [0.2, 0.25) is 0 Å². The van der Waals surface area contributed by atoms with E-state index in [1.165, 1.54) is 12.8 Å². The summed E-state index contributed by atoms with van der Waals surface area (Å²) in [7, 11) is 0. The summed E-state index contributed by atoms with van der Waals surface area (Å²) in [5.41, 5.74) is 6.23. The summed E-state index contributed by atoms with van der Waals surface area (Å²) in [4.78, 5) is 4.31. The Hall–Kier alpha value is -0.770. The molecule has 3 N–H and O–H groups in total. The molecule has 1 saturated heterocycles. The van der Waals surface area contributed by atoms with E-state index in [0.29, 0.717) is 17.9 Å². The van der Waals surface area contributed by atoms with Gasteiger partial charge in [0.1, 0.15) is 0 Å². The number of guanidine groups is 1. The SMILES string of the molecule is CC(C)(C)CCCCNC(N)=NCC1CCCO1. The fourth-order valence-electron chi connectivity index (χ4n) is 2.04. The van der Waals surface area contributed by atoms with Gasteiger partial charge in [-0.05, 0) is 31.1 Å². The Kier molecular flexibility index (Phi) is 6.47. The molecule has 0 bridgehead atoms. The summed E-state index contributed by atoms with van der Waals surface area (Å²) in [6.45, 7) is 9.31. The topological polar surface area (TPSA) is 59.6 Å². The van der Waals surface area contributed by atoms with Gasteiger partial charge >= 0.3 is 0 Å². The van der Waals surface area contributed by atoms with Gasteiger partial charge in [-0.25, -0.2) is 0 Å². The average Bonchev–Trinajstić information content (AvgIpc) is 2.77. The van der Waals surface area contributed by atoms with Gasteiger partial charge in [0.05, 0.1) is 12.6 Å². The third-order valence-electron chi connectivity index (χ3n) is 3.15. The molecule has 1 unspecified atom stereocenters. The smallest absolute Gasteiger partial charge is 0.188 e. The minimum atomic E-state index is 0.284. The Morgan fingerprint density at radius 3 is 2.78 bits per heavy atom. The van der Waals surface area contributed by atoms with E-state index < -0.39 is 0 Å². The minimum absolute atomic E-state index is 0.284. The van der Waals surface area contributed by atoms with Crippen LogP contribution in [0, 0.1) is 5.41 Å². The van der Waals surface area contributed by atoms with Crippen molar-refractivity contribution in [2.24, 2.45) is 16.1 Å². The Labute approximate surface area is 111 Å². The fourth-order valence-corrected chi connectivity index (χ4v) is 2.04. The summed E-state index contributed by atoms with van der Waals surface area (Å²) < 4.78 is 5.49. The number of unbranched alkanes of at least 4 members (excludes halogenated alkanes) is 1. The van der Waals surface area contributed by atoms with E-state index in [4.69, 9.17) is 10.5 Å². The van der Waals surface area contributed by atoms with Gasteiger partial charge in [0.15, 0.2) is 5.96 Å². The molecule has 1 fully saturated rings. The van der Waals surface area contributed by atoms with E-state index in [9.17, 15) is 0 Å². The van der Waals surface area contributed by atoms with Crippen LogP contribution in [0.25, 0.3) is 0 Å². The molecule has 0 aromatic rings. The molecule has 1 aliphatic rings. The number of nitrogens with two attached hydrogens (primary N) is 1. The van der Waals surface area contributed by atoms with Crippen molar-refractivity contribution in [1.29, 1.82) is 0 Å². The summed E-state index contributed by atoms with van der Waals surface area (Å²) in [5, 5.41) is 3.17. The van der Waals surface area contributed by atoms with E-state index in [1.54, 1.807) is 0 Å². The summed E-state index contributed by atoms with van der Waals surface area (Å²) >= 11 is 0. The normalized spacial score (nSPS) is 21.3. The Morgan fingerprint density at radius 2 is 2.17 bits per heavy atom. The van der Waals surface area contributed by atoms with Gasteiger partial charge < -0.3 is 15.8 Å². The van der Waals surface area contributed by atoms with Crippen LogP contribution in [0.1, 0.15) is 52.9 Å². The van der Waals surface area contributed by atoms with Crippen molar-refractivity contribution in [2.45, 2.75) is 59.0 Å². The molecule has 1 aliphatic heterocycles. The first-order valence-electron chi connectivity index (χ1n) is 7.13. The van der Waals surface area contributed by atoms with Crippen molar-refractivity contribution in [3.8, 4) is 0 Å². The van der Waals surface area contributed by atoms with E-state index >= 15 is 0 Å². The molecule has 0 saturated carbocycles. The first-order chi connectivity index (χ1) is 8.47. The van der Waals surface area contributed by atoms with Crippen LogP contribution in [-0.2, 0) is 4.74 Å². The standard InChI is InChI=1S/C14H29N3O/c1-14(2,3)8-4-5-9-16-13(15)17-11-12-7-6-10-18-12/h12H,4-11H2,1-3H3,(H3,15,16,17). The van der Waals surface area contributed by atoms with E-state index in [-0.39, 0.29) is 6.10 Å². The Morgan fingerprint density at radius 1 is 1.39 bits per heavy atom. The van der Waals surface area contributed by atoms with Gasteiger partial charge in [-0.15, -0.1) is 0 Å². The molecule has 0 spiro atoms. The van der Waals surface area contributed by atoms with Gasteiger partial charge in [0, 0.05) is 13.2 Å². The van der Waals surface area contributed by atoms with Crippen molar-refractivity contribution in [3.05, 3.63) is 0 Å². The van der Waals surface area contributed by atoms with Crippen LogP contribution < -0.4 is 11.1 Å². The zero-order valence-corrected chi connectivity index (χ0v) is 12.2. The Bertz CT molecular complexity index is 252. The maximum atomic E-state index is 5.80. The van der Waals surface area contributed by atoms with Crippen LogP contribution in [-0.4, -0.2) is 31.8 Å². The summed E-state index contributed by atoms with van der Waals surface area (Å²) in [6, 6.07) is 0. The maximum absolute atomic E-state index is 5.80. The van der Waals surface area contributed by atoms with Crippen molar-refractivity contribution >= 4 is 5.96 Å². The number of hydrogen-bond acceptors (Lipinski definition) is 2.